The first-order chi connectivity index (χ1) is 7.91. The Bertz CT molecular complexity index is 398. The molecule has 92 valence electrons. The lowest BCUT2D eigenvalue weighted by Crippen LogP contribution is -2.35. The van der Waals surface area contributed by atoms with Gasteiger partial charge in [0.15, 0.2) is 0 Å². The summed E-state index contributed by atoms with van der Waals surface area (Å²) in [5, 5.41) is 0. The van der Waals surface area contributed by atoms with Crippen LogP contribution >= 0.6 is 63.7 Å². The molecule has 0 amide bonds. The van der Waals surface area contributed by atoms with E-state index in [0.29, 0.717) is 0 Å². The molecule has 0 radical (unpaired) electrons. The van der Waals surface area contributed by atoms with Crippen molar-refractivity contribution in [2.75, 3.05) is 0 Å². The van der Waals surface area contributed by atoms with E-state index >= 15 is 0 Å². The van der Waals surface area contributed by atoms with Crippen molar-refractivity contribution in [1.29, 1.82) is 0 Å². The molecule has 0 spiro atoms. The second-order valence-corrected chi connectivity index (χ2v) is 8.44. The molecule has 0 saturated carbocycles. The molecule has 2 unspecified atom stereocenters. The van der Waals surface area contributed by atoms with Gasteiger partial charge in [-0.2, -0.15) is 0 Å². The molecule has 0 aliphatic heterocycles. The second-order valence-electron chi connectivity index (χ2n) is 3.93. The van der Waals surface area contributed by atoms with Crippen molar-refractivity contribution in [1.82, 2.24) is 0 Å². The van der Waals surface area contributed by atoms with E-state index in [1.807, 2.05) is 24.3 Å². The highest BCUT2D eigenvalue weighted by Crippen LogP contribution is 2.42. The summed E-state index contributed by atoms with van der Waals surface area (Å²) in [7, 11) is 0. The smallest absolute Gasteiger partial charge is 0.147 e. The van der Waals surface area contributed by atoms with Crippen LogP contribution in [0.4, 0.5) is 0 Å². The third-order valence-corrected chi connectivity index (χ3v) is 5.15. The Hall–Kier alpha value is 0.840. The molecule has 0 saturated heterocycles. The van der Waals surface area contributed by atoms with Gasteiger partial charge in [-0.1, -0.05) is 44.0 Å². The Balaban J connectivity index is 2.07. The number of halogens is 4. The Morgan fingerprint density at radius 3 is 1.59 bits per heavy atom. The first-order valence-electron chi connectivity index (χ1n) is 5.09. The van der Waals surface area contributed by atoms with Crippen molar-refractivity contribution >= 4 is 63.7 Å². The van der Waals surface area contributed by atoms with Crippen LogP contribution in [0, 0.1) is 0 Å². The molecular weight excluding hydrogens is 480 g/mol. The molecule has 17 heavy (non-hydrogen) atoms. The van der Waals surface area contributed by atoms with E-state index in [0.717, 1.165) is 21.8 Å². The summed E-state index contributed by atoms with van der Waals surface area (Å²) in [6.45, 7) is 0. The van der Waals surface area contributed by atoms with E-state index in [1.165, 1.54) is 0 Å². The van der Waals surface area contributed by atoms with Gasteiger partial charge in [0.1, 0.15) is 9.02 Å². The maximum atomic E-state index is 6.13. The highest BCUT2D eigenvalue weighted by atomic mass is 79.9. The average Bonchev–Trinajstić information content (AvgIpc) is 2.28. The molecule has 0 aromatic rings. The van der Waals surface area contributed by atoms with Crippen LogP contribution in [-0.4, -0.2) is 9.02 Å². The summed E-state index contributed by atoms with van der Waals surface area (Å²) in [5.74, 6) is 0. The maximum absolute atomic E-state index is 6.13. The minimum absolute atomic E-state index is 0.449. The number of alkyl halides is 2. The van der Waals surface area contributed by atoms with Gasteiger partial charge in [-0.3, -0.25) is 0 Å². The molecule has 1 nitrogen and oxygen atoms in total. The molecule has 2 rings (SSSR count). The quantitative estimate of drug-likeness (QED) is 0.455. The average molecular weight is 490 g/mol. The van der Waals surface area contributed by atoms with E-state index < -0.39 is 9.02 Å². The fourth-order valence-electron chi connectivity index (χ4n) is 1.59. The number of rotatable bonds is 2. The molecule has 0 aromatic heterocycles. The summed E-state index contributed by atoms with van der Waals surface area (Å²) in [4.78, 5) is 0. The van der Waals surface area contributed by atoms with Crippen LogP contribution in [0.3, 0.4) is 0 Å². The van der Waals surface area contributed by atoms with E-state index in [4.69, 9.17) is 4.74 Å². The molecule has 5 heteroatoms. The lowest BCUT2D eigenvalue weighted by molar-refractivity contribution is 0.00783. The van der Waals surface area contributed by atoms with E-state index in [2.05, 4.69) is 75.9 Å². The van der Waals surface area contributed by atoms with Crippen molar-refractivity contribution < 1.29 is 4.74 Å². The first kappa shape index (κ1) is 14.3. The first-order valence-corrected chi connectivity index (χ1v) is 8.26. The summed E-state index contributed by atoms with van der Waals surface area (Å²) >= 11 is 14.2. The SMILES string of the molecule is BrC1=CCC(Br)(OC2(Br)C=CC(Br)=CC2)C=C1. The van der Waals surface area contributed by atoms with Gasteiger partial charge in [0.25, 0.3) is 0 Å². The van der Waals surface area contributed by atoms with Gasteiger partial charge in [0.05, 0.1) is 0 Å². The van der Waals surface area contributed by atoms with Gasteiger partial charge in [-0.15, -0.1) is 0 Å². The van der Waals surface area contributed by atoms with Crippen LogP contribution in [0.15, 0.2) is 45.4 Å². The van der Waals surface area contributed by atoms with Gasteiger partial charge in [0.2, 0.25) is 0 Å². The highest BCUT2D eigenvalue weighted by Gasteiger charge is 2.36. The molecule has 0 bridgehead atoms. The zero-order valence-electron chi connectivity index (χ0n) is 8.80. The zero-order chi connectivity index (χ0) is 12.5. The van der Waals surface area contributed by atoms with Crippen LogP contribution < -0.4 is 0 Å². The van der Waals surface area contributed by atoms with Crippen LogP contribution in [0.5, 0.6) is 0 Å². The lowest BCUT2D eigenvalue weighted by Gasteiger charge is -2.35. The molecule has 2 aliphatic carbocycles. The number of allylic oxidation sites excluding steroid dienone is 4. The number of hydrogen-bond acceptors (Lipinski definition) is 1. The summed E-state index contributed by atoms with van der Waals surface area (Å²) in [6, 6.07) is 0. The summed E-state index contributed by atoms with van der Waals surface area (Å²) in [6.07, 6.45) is 13.8. The van der Waals surface area contributed by atoms with Crippen LogP contribution in [0.25, 0.3) is 0 Å². The Morgan fingerprint density at radius 1 is 0.882 bits per heavy atom. The predicted molar refractivity (Wildman–Crippen MR) is 85.9 cm³/mol. The molecule has 0 aromatic carbocycles. The molecule has 2 atom stereocenters. The fourth-order valence-corrected chi connectivity index (χ4v) is 3.56. The predicted octanol–water partition coefficient (Wildman–Crippen LogP) is 5.66. The van der Waals surface area contributed by atoms with Gasteiger partial charge >= 0.3 is 0 Å². The molecular formula is C12H10Br4O. The van der Waals surface area contributed by atoms with Crippen LogP contribution in [0.2, 0.25) is 0 Å². The van der Waals surface area contributed by atoms with E-state index in [-0.39, 0.29) is 0 Å². The summed E-state index contributed by atoms with van der Waals surface area (Å²) in [5.41, 5.74) is 0. The van der Waals surface area contributed by atoms with Gasteiger partial charge < -0.3 is 4.74 Å². The number of ether oxygens (including phenoxy) is 1. The number of hydrogen-bond donors (Lipinski definition) is 0. The largest absolute Gasteiger partial charge is 0.338 e. The molecule has 0 heterocycles. The highest BCUT2D eigenvalue weighted by molar-refractivity contribution is 9.12. The van der Waals surface area contributed by atoms with Crippen molar-refractivity contribution in [3.63, 3.8) is 0 Å². The monoisotopic (exact) mass is 486 g/mol. The minimum atomic E-state index is -0.449. The van der Waals surface area contributed by atoms with Gasteiger partial charge in [-0.25, -0.2) is 0 Å². The van der Waals surface area contributed by atoms with Crippen molar-refractivity contribution in [2.24, 2.45) is 0 Å². The third kappa shape index (κ3) is 3.90. The zero-order valence-corrected chi connectivity index (χ0v) is 15.1. The Kier molecular flexibility index (Phi) is 4.57. The normalized spacial score (nSPS) is 36.7. The maximum Gasteiger partial charge on any atom is 0.147 e. The van der Waals surface area contributed by atoms with Crippen molar-refractivity contribution in [3.8, 4) is 0 Å². The van der Waals surface area contributed by atoms with Gasteiger partial charge in [-0.05, 0) is 56.2 Å². The van der Waals surface area contributed by atoms with Gasteiger partial charge in [0, 0.05) is 21.8 Å². The van der Waals surface area contributed by atoms with Crippen LogP contribution in [-0.2, 0) is 4.74 Å². The standard InChI is InChI=1S/C12H10Br4O/c13-9-1-5-11(15,6-2-9)17-12(16)7-3-10(14)4-8-12/h1-5,7H,6,8H2. The van der Waals surface area contributed by atoms with E-state index in [1.54, 1.807) is 0 Å². The third-order valence-electron chi connectivity index (χ3n) is 2.47. The van der Waals surface area contributed by atoms with Crippen molar-refractivity contribution in [3.05, 3.63) is 45.4 Å². The van der Waals surface area contributed by atoms with Crippen LogP contribution in [0.1, 0.15) is 12.8 Å². The summed E-state index contributed by atoms with van der Waals surface area (Å²) < 4.78 is 7.41. The van der Waals surface area contributed by atoms with Crippen molar-refractivity contribution in [2.45, 2.75) is 21.9 Å². The van der Waals surface area contributed by atoms with E-state index in [9.17, 15) is 0 Å². The Morgan fingerprint density at radius 2 is 1.29 bits per heavy atom. The molecule has 0 fully saturated rings. The molecule has 0 N–H and O–H groups in total. The second kappa shape index (κ2) is 5.45. The lowest BCUT2D eigenvalue weighted by atomic mass is 10.1. The topological polar surface area (TPSA) is 9.23 Å². The molecule has 2 aliphatic rings. The minimum Gasteiger partial charge on any atom is -0.338 e. The fraction of sp³-hybridized carbons (Fsp3) is 0.333. The Labute approximate surface area is 135 Å².